The van der Waals surface area contributed by atoms with Crippen molar-refractivity contribution in [3.8, 4) is 0 Å². The summed E-state index contributed by atoms with van der Waals surface area (Å²) in [6.45, 7) is 5.59. The van der Waals surface area contributed by atoms with Crippen LogP contribution in [0.1, 0.15) is 25.8 Å². The predicted molar refractivity (Wildman–Crippen MR) is 76.8 cm³/mol. The highest BCUT2D eigenvalue weighted by Crippen LogP contribution is 2.14. The fourth-order valence-corrected chi connectivity index (χ4v) is 3.05. The first kappa shape index (κ1) is 16.7. The summed E-state index contributed by atoms with van der Waals surface area (Å²) in [5, 5.41) is 0. The van der Waals surface area contributed by atoms with Crippen molar-refractivity contribution in [2.45, 2.75) is 38.1 Å². The number of carbonyl (C=O) groups excluding carboxylic acids is 1. The molecule has 1 rings (SSSR count). The molecule has 5 nitrogen and oxygen atoms in total. The van der Waals surface area contributed by atoms with Crippen LogP contribution in [0.15, 0.2) is 29.2 Å². The van der Waals surface area contributed by atoms with Crippen LogP contribution in [0.3, 0.4) is 0 Å². The second-order valence-electron chi connectivity index (χ2n) is 5.07. The van der Waals surface area contributed by atoms with Crippen LogP contribution in [-0.4, -0.2) is 27.5 Å². The molecule has 0 spiro atoms. The van der Waals surface area contributed by atoms with Crippen molar-refractivity contribution in [1.29, 1.82) is 0 Å². The maximum absolute atomic E-state index is 12.3. The van der Waals surface area contributed by atoms with Crippen LogP contribution in [0.4, 0.5) is 0 Å². The van der Waals surface area contributed by atoms with E-state index in [1.54, 1.807) is 24.3 Å². The lowest BCUT2D eigenvalue weighted by Gasteiger charge is -2.21. The summed E-state index contributed by atoms with van der Waals surface area (Å²) in [6, 6.07) is 6.08. The van der Waals surface area contributed by atoms with Gasteiger partial charge in [-0.05, 0) is 25.0 Å². The largest absolute Gasteiger partial charge is 0.469 e. The molecular formula is C14H21NO4S. The van der Waals surface area contributed by atoms with Crippen molar-refractivity contribution in [3.63, 3.8) is 0 Å². The van der Waals surface area contributed by atoms with Crippen LogP contribution in [-0.2, 0) is 19.6 Å². The van der Waals surface area contributed by atoms with Gasteiger partial charge < -0.3 is 4.74 Å². The molecule has 1 aromatic rings. The van der Waals surface area contributed by atoms with Crippen molar-refractivity contribution in [1.82, 2.24) is 4.72 Å². The summed E-state index contributed by atoms with van der Waals surface area (Å²) in [5.41, 5.74) is 0.985. The van der Waals surface area contributed by atoms with Gasteiger partial charge in [-0.3, -0.25) is 4.79 Å². The topological polar surface area (TPSA) is 72.5 Å². The van der Waals surface area contributed by atoms with Crippen LogP contribution in [0, 0.1) is 12.8 Å². The van der Waals surface area contributed by atoms with Crippen LogP contribution < -0.4 is 4.72 Å². The summed E-state index contributed by atoms with van der Waals surface area (Å²) in [6.07, 6.45) is 0.0132. The Labute approximate surface area is 120 Å². The Hall–Kier alpha value is -1.40. The third kappa shape index (κ3) is 4.61. The first-order valence-electron chi connectivity index (χ1n) is 6.42. The van der Waals surface area contributed by atoms with E-state index in [1.165, 1.54) is 7.11 Å². The van der Waals surface area contributed by atoms with Gasteiger partial charge in [-0.1, -0.05) is 31.5 Å². The smallest absolute Gasteiger partial charge is 0.307 e. The molecule has 0 heterocycles. The van der Waals surface area contributed by atoms with E-state index in [0.29, 0.717) is 0 Å². The molecular weight excluding hydrogens is 278 g/mol. The molecule has 0 saturated heterocycles. The zero-order valence-corrected chi connectivity index (χ0v) is 13.0. The molecule has 0 aliphatic carbocycles. The molecule has 0 fully saturated rings. The van der Waals surface area contributed by atoms with Gasteiger partial charge in [-0.15, -0.1) is 0 Å². The van der Waals surface area contributed by atoms with Gasteiger partial charge >= 0.3 is 5.97 Å². The molecule has 0 radical (unpaired) electrons. The number of benzene rings is 1. The molecule has 0 unspecified atom stereocenters. The van der Waals surface area contributed by atoms with E-state index in [-0.39, 0.29) is 17.2 Å². The molecule has 112 valence electrons. The molecule has 20 heavy (non-hydrogen) atoms. The number of methoxy groups -OCH3 is 1. The molecule has 1 atom stereocenters. The highest BCUT2D eigenvalue weighted by molar-refractivity contribution is 7.89. The minimum atomic E-state index is -3.63. The zero-order valence-electron chi connectivity index (χ0n) is 12.2. The molecule has 0 aliphatic heterocycles. The lowest BCUT2D eigenvalue weighted by Crippen LogP contribution is -2.40. The molecule has 0 aromatic heterocycles. The maximum atomic E-state index is 12.3. The zero-order chi connectivity index (χ0) is 15.3. The van der Waals surface area contributed by atoms with Crippen LogP contribution in [0.2, 0.25) is 0 Å². The monoisotopic (exact) mass is 299 g/mol. The third-order valence-corrected chi connectivity index (χ3v) is 4.56. The number of carbonyl (C=O) groups is 1. The highest BCUT2D eigenvalue weighted by Gasteiger charge is 2.24. The van der Waals surface area contributed by atoms with Crippen LogP contribution in [0.25, 0.3) is 0 Å². The second-order valence-corrected chi connectivity index (χ2v) is 6.78. The average Bonchev–Trinajstić information content (AvgIpc) is 2.37. The fourth-order valence-electron chi connectivity index (χ4n) is 1.66. The van der Waals surface area contributed by atoms with E-state index in [4.69, 9.17) is 0 Å². The fraction of sp³-hybridized carbons (Fsp3) is 0.500. The van der Waals surface area contributed by atoms with Crippen molar-refractivity contribution in [2.24, 2.45) is 5.92 Å². The summed E-state index contributed by atoms with van der Waals surface area (Å²) < 4.78 is 31.7. The normalized spacial score (nSPS) is 13.2. The molecule has 0 amide bonds. The van der Waals surface area contributed by atoms with Gasteiger partial charge in [0.1, 0.15) is 0 Å². The number of nitrogens with one attached hydrogen (secondary N) is 1. The Morgan fingerprint density at radius 1 is 1.25 bits per heavy atom. The van der Waals surface area contributed by atoms with E-state index >= 15 is 0 Å². The van der Waals surface area contributed by atoms with Gasteiger partial charge in [-0.2, -0.15) is 0 Å². The highest BCUT2D eigenvalue weighted by atomic mass is 32.2. The summed E-state index contributed by atoms with van der Waals surface area (Å²) in [4.78, 5) is 11.5. The lowest BCUT2D eigenvalue weighted by atomic mass is 10.0. The van der Waals surface area contributed by atoms with E-state index in [0.717, 1.165) is 5.56 Å². The SMILES string of the molecule is COC(=O)C[C@H](NS(=O)(=O)c1ccc(C)cc1)C(C)C. The van der Waals surface area contributed by atoms with Gasteiger partial charge in [0.15, 0.2) is 0 Å². The molecule has 1 aromatic carbocycles. The number of hydrogen-bond donors (Lipinski definition) is 1. The number of sulfonamides is 1. The minimum Gasteiger partial charge on any atom is -0.469 e. The van der Waals surface area contributed by atoms with E-state index in [9.17, 15) is 13.2 Å². The molecule has 0 bridgehead atoms. The van der Waals surface area contributed by atoms with Crippen molar-refractivity contribution >= 4 is 16.0 Å². The van der Waals surface area contributed by atoms with Gasteiger partial charge in [0, 0.05) is 6.04 Å². The standard InChI is InChI=1S/C14H21NO4S/c1-10(2)13(9-14(16)19-4)15-20(17,18)12-7-5-11(3)6-8-12/h5-8,10,13,15H,9H2,1-4H3/t13-/m0/s1. The summed E-state index contributed by atoms with van der Waals surface area (Å²) in [5.74, 6) is -0.454. The Morgan fingerprint density at radius 2 is 1.80 bits per heavy atom. The Morgan fingerprint density at radius 3 is 2.25 bits per heavy atom. The van der Waals surface area contributed by atoms with Crippen LogP contribution in [0.5, 0.6) is 0 Å². The molecule has 0 aliphatic rings. The quantitative estimate of drug-likeness (QED) is 0.814. The Balaban J connectivity index is 2.91. The number of ether oxygens (including phenoxy) is 1. The Kier molecular flexibility index (Phi) is 5.71. The summed E-state index contributed by atoms with van der Waals surface area (Å²) in [7, 11) is -2.35. The van der Waals surface area contributed by atoms with Crippen molar-refractivity contribution < 1.29 is 17.9 Å². The maximum Gasteiger partial charge on any atom is 0.307 e. The van der Waals surface area contributed by atoms with Crippen molar-refractivity contribution in [3.05, 3.63) is 29.8 Å². The number of hydrogen-bond acceptors (Lipinski definition) is 4. The number of esters is 1. The number of rotatable bonds is 6. The molecule has 0 saturated carbocycles. The van der Waals surface area contributed by atoms with E-state index in [1.807, 2.05) is 20.8 Å². The van der Waals surface area contributed by atoms with Gasteiger partial charge in [0.05, 0.1) is 18.4 Å². The van der Waals surface area contributed by atoms with E-state index < -0.39 is 22.0 Å². The van der Waals surface area contributed by atoms with Crippen LogP contribution >= 0.6 is 0 Å². The first-order valence-corrected chi connectivity index (χ1v) is 7.90. The van der Waals surface area contributed by atoms with Gasteiger partial charge in [0.25, 0.3) is 0 Å². The van der Waals surface area contributed by atoms with Gasteiger partial charge in [0.2, 0.25) is 10.0 Å². The first-order chi connectivity index (χ1) is 9.26. The summed E-state index contributed by atoms with van der Waals surface area (Å²) >= 11 is 0. The number of aryl methyl sites for hydroxylation is 1. The molecule has 1 N–H and O–H groups in total. The Bertz CT molecular complexity index is 549. The third-order valence-electron chi connectivity index (χ3n) is 3.06. The van der Waals surface area contributed by atoms with E-state index in [2.05, 4.69) is 9.46 Å². The average molecular weight is 299 g/mol. The molecule has 6 heteroatoms. The predicted octanol–water partition coefficient (Wildman–Crippen LogP) is 1.86. The minimum absolute atomic E-state index is 0.0132. The lowest BCUT2D eigenvalue weighted by molar-refractivity contribution is -0.141. The second kappa shape index (κ2) is 6.85. The van der Waals surface area contributed by atoms with Gasteiger partial charge in [-0.25, -0.2) is 13.1 Å². The van der Waals surface area contributed by atoms with Crippen molar-refractivity contribution in [2.75, 3.05) is 7.11 Å².